The third kappa shape index (κ3) is 4.27. The van der Waals surface area contributed by atoms with Crippen molar-refractivity contribution in [2.45, 2.75) is 0 Å². The molecule has 0 fully saturated rings. The molecular weight excluding hydrogens is 590 g/mol. The quantitative estimate of drug-likeness (QED) is 0.257. The summed E-state index contributed by atoms with van der Waals surface area (Å²) in [6.45, 7) is 0. The molecule has 9 heteroatoms. The smallest absolute Gasteiger partial charge is 0.266 e. The van der Waals surface area contributed by atoms with Crippen LogP contribution in [0.5, 0.6) is 0 Å². The van der Waals surface area contributed by atoms with Crippen molar-refractivity contribution in [2.24, 2.45) is 0 Å². The molecule has 0 unspecified atom stereocenters. The summed E-state index contributed by atoms with van der Waals surface area (Å²) in [6, 6.07) is 25.6. The largest absolute Gasteiger partial charge is 0.291 e. The molecule has 3 heterocycles. The van der Waals surface area contributed by atoms with Crippen LogP contribution in [0.4, 0.5) is 0 Å². The van der Waals surface area contributed by atoms with Crippen molar-refractivity contribution in [3.63, 3.8) is 0 Å². The number of aromatic nitrogens is 5. The zero-order valence-corrected chi connectivity index (χ0v) is 22.0. The van der Waals surface area contributed by atoms with Crippen molar-refractivity contribution in [1.29, 1.82) is 0 Å². The Labute approximate surface area is 220 Å². The van der Waals surface area contributed by atoms with Crippen LogP contribution in [0.25, 0.3) is 39.4 Å². The molecule has 0 radical (unpaired) electrons. The Morgan fingerprint density at radius 3 is 2.11 bits per heavy atom. The van der Waals surface area contributed by atoms with Gasteiger partial charge in [-0.15, -0.1) is 5.10 Å². The minimum Gasteiger partial charge on any atom is -0.266 e. The molecule has 0 aliphatic carbocycles. The Morgan fingerprint density at radius 2 is 1.46 bits per heavy atom. The van der Waals surface area contributed by atoms with Crippen LogP contribution >= 0.6 is 43.2 Å². The predicted molar refractivity (Wildman–Crippen MR) is 146 cm³/mol. The molecule has 0 amide bonds. The fraction of sp³-hybridized carbons (Fsp3) is 0. The maximum absolute atomic E-state index is 13.2. The number of fused-ring (bicyclic) bond motifs is 1. The lowest BCUT2D eigenvalue weighted by Gasteiger charge is -2.00. The number of halogens is 2. The molecule has 3 aromatic heterocycles. The minimum absolute atomic E-state index is 0.199. The van der Waals surface area contributed by atoms with Crippen LogP contribution in [0, 0.1) is 0 Å². The number of benzene rings is 3. The van der Waals surface area contributed by atoms with Crippen LogP contribution in [0.2, 0.25) is 0 Å². The fourth-order valence-corrected chi connectivity index (χ4v) is 5.16. The van der Waals surface area contributed by atoms with E-state index in [1.54, 1.807) is 0 Å². The Balaban J connectivity index is 1.48. The van der Waals surface area contributed by atoms with Crippen LogP contribution in [0.1, 0.15) is 5.56 Å². The van der Waals surface area contributed by atoms with Crippen molar-refractivity contribution in [2.75, 3.05) is 0 Å². The first-order valence-corrected chi connectivity index (χ1v) is 13.0. The number of rotatable bonds is 4. The summed E-state index contributed by atoms with van der Waals surface area (Å²) >= 11 is 8.24. The van der Waals surface area contributed by atoms with Crippen LogP contribution in [-0.4, -0.2) is 24.4 Å². The summed E-state index contributed by atoms with van der Waals surface area (Å²) < 4.78 is 5.71. The van der Waals surface area contributed by atoms with Gasteiger partial charge in [0.1, 0.15) is 0 Å². The highest BCUT2D eigenvalue weighted by molar-refractivity contribution is 9.10. The van der Waals surface area contributed by atoms with E-state index in [1.165, 1.54) is 15.9 Å². The van der Waals surface area contributed by atoms with E-state index in [0.29, 0.717) is 15.3 Å². The lowest BCUT2D eigenvalue weighted by atomic mass is 10.1. The zero-order valence-electron chi connectivity index (χ0n) is 18.0. The molecule has 3 aromatic carbocycles. The number of hydrogen-bond donors (Lipinski definition) is 0. The van der Waals surface area contributed by atoms with Gasteiger partial charge in [0.15, 0.2) is 5.82 Å². The number of thiazole rings is 1. The molecule has 0 aliphatic heterocycles. The summed E-state index contributed by atoms with van der Waals surface area (Å²) in [6.07, 6.45) is 3.81. The first-order chi connectivity index (χ1) is 17.0. The van der Waals surface area contributed by atoms with Gasteiger partial charge in [-0.2, -0.15) is 14.6 Å². The van der Waals surface area contributed by atoms with Gasteiger partial charge in [0.2, 0.25) is 4.96 Å². The second kappa shape index (κ2) is 8.99. The van der Waals surface area contributed by atoms with Crippen LogP contribution in [0.3, 0.4) is 0 Å². The standard InChI is InChI=1S/C26H15Br2N5OS/c27-19-10-6-16(7-11-19)23-18(15-32(30-23)21-4-2-1-3-5-21)14-22-25(34)33-26(35-22)29-24(31-33)17-8-12-20(28)13-9-17/h1-15H/b22-14-. The van der Waals surface area contributed by atoms with E-state index < -0.39 is 0 Å². The van der Waals surface area contributed by atoms with Gasteiger partial charge in [0.05, 0.1) is 15.9 Å². The lowest BCUT2D eigenvalue weighted by Crippen LogP contribution is -2.23. The van der Waals surface area contributed by atoms with Crippen molar-refractivity contribution in [3.8, 4) is 28.3 Å². The third-order valence-electron chi connectivity index (χ3n) is 5.45. The van der Waals surface area contributed by atoms with Crippen molar-refractivity contribution < 1.29 is 0 Å². The predicted octanol–water partition coefficient (Wildman–Crippen LogP) is 5.74. The van der Waals surface area contributed by atoms with Gasteiger partial charge < -0.3 is 0 Å². The highest BCUT2D eigenvalue weighted by atomic mass is 79.9. The van der Waals surface area contributed by atoms with Gasteiger partial charge in [-0.3, -0.25) is 4.79 Å². The molecule has 0 atom stereocenters. The zero-order chi connectivity index (χ0) is 23.9. The Bertz CT molecular complexity index is 1770. The molecule has 0 aliphatic rings. The van der Waals surface area contributed by atoms with Gasteiger partial charge in [-0.1, -0.05) is 85.7 Å². The monoisotopic (exact) mass is 603 g/mol. The molecular formula is C26H15Br2N5OS. The second-order valence-corrected chi connectivity index (χ2v) is 10.6. The van der Waals surface area contributed by atoms with Gasteiger partial charge in [-0.05, 0) is 42.5 Å². The summed E-state index contributed by atoms with van der Waals surface area (Å²) in [5.74, 6) is 0.528. The lowest BCUT2D eigenvalue weighted by molar-refractivity contribution is 0.884. The number of nitrogens with zero attached hydrogens (tertiary/aromatic N) is 5. The van der Waals surface area contributed by atoms with Gasteiger partial charge in [-0.25, -0.2) is 4.68 Å². The normalized spacial score (nSPS) is 12.0. The second-order valence-electron chi connectivity index (χ2n) is 7.77. The number of para-hydroxylation sites is 1. The Hall–Kier alpha value is -3.40. The van der Waals surface area contributed by atoms with Crippen LogP contribution < -0.4 is 10.1 Å². The number of hydrogen-bond acceptors (Lipinski definition) is 5. The molecule has 0 saturated heterocycles. The summed E-state index contributed by atoms with van der Waals surface area (Å²) in [5, 5.41) is 9.30. The first kappa shape index (κ1) is 22.1. The average molecular weight is 605 g/mol. The third-order valence-corrected chi connectivity index (χ3v) is 7.47. The summed E-state index contributed by atoms with van der Waals surface area (Å²) in [7, 11) is 0. The van der Waals surface area contributed by atoms with E-state index in [2.05, 4.69) is 41.9 Å². The van der Waals surface area contributed by atoms with Crippen molar-refractivity contribution in [3.05, 3.63) is 114 Å². The van der Waals surface area contributed by atoms with E-state index in [-0.39, 0.29) is 5.56 Å². The van der Waals surface area contributed by atoms with Crippen molar-refractivity contribution >= 4 is 54.2 Å². The molecule has 0 saturated carbocycles. The fourth-order valence-electron chi connectivity index (χ4n) is 3.73. The molecule has 0 spiro atoms. The summed E-state index contributed by atoms with van der Waals surface area (Å²) in [4.78, 5) is 18.3. The highest BCUT2D eigenvalue weighted by Crippen LogP contribution is 2.26. The van der Waals surface area contributed by atoms with E-state index in [4.69, 9.17) is 5.10 Å². The topological polar surface area (TPSA) is 65.1 Å². The first-order valence-electron chi connectivity index (χ1n) is 10.6. The average Bonchev–Trinajstić information content (AvgIpc) is 3.56. The molecule has 0 bridgehead atoms. The molecule has 6 rings (SSSR count). The van der Waals surface area contributed by atoms with Gasteiger partial charge >= 0.3 is 0 Å². The molecule has 6 nitrogen and oxygen atoms in total. The van der Waals surface area contributed by atoms with Crippen LogP contribution in [0.15, 0.2) is 98.8 Å². The highest BCUT2D eigenvalue weighted by Gasteiger charge is 2.15. The van der Waals surface area contributed by atoms with Gasteiger partial charge in [0.25, 0.3) is 5.56 Å². The Morgan fingerprint density at radius 1 is 0.800 bits per heavy atom. The van der Waals surface area contributed by atoms with Crippen molar-refractivity contribution in [1.82, 2.24) is 24.4 Å². The van der Waals surface area contributed by atoms with E-state index >= 15 is 0 Å². The molecule has 6 aromatic rings. The molecule has 35 heavy (non-hydrogen) atoms. The maximum atomic E-state index is 13.2. The maximum Gasteiger partial charge on any atom is 0.291 e. The Kier molecular flexibility index (Phi) is 5.68. The van der Waals surface area contributed by atoms with Gasteiger partial charge in [0, 0.05) is 31.8 Å². The van der Waals surface area contributed by atoms with Crippen LogP contribution in [-0.2, 0) is 0 Å². The molecule has 0 N–H and O–H groups in total. The minimum atomic E-state index is -0.199. The SMILES string of the molecule is O=c1/c(=C/c2cn(-c3ccccc3)nc2-c2ccc(Br)cc2)sc2nc(-c3ccc(Br)cc3)nn12. The summed E-state index contributed by atoms with van der Waals surface area (Å²) in [5.41, 5.74) is 4.18. The van der Waals surface area contributed by atoms with E-state index in [9.17, 15) is 4.79 Å². The van der Waals surface area contributed by atoms with E-state index in [0.717, 1.165) is 37.0 Å². The molecule has 170 valence electrons. The van der Waals surface area contributed by atoms with E-state index in [1.807, 2.05) is 95.8 Å².